The Balaban J connectivity index is 1.42. The van der Waals surface area contributed by atoms with E-state index in [2.05, 4.69) is 38.2 Å². The van der Waals surface area contributed by atoms with Crippen LogP contribution in [0.15, 0.2) is 12.2 Å². The predicted molar refractivity (Wildman–Crippen MR) is 117 cm³/mol. The second kappa shape index (κ2) is 7.35. The molecule has 4 fully saturated rings. The van der Waals surface area contributed by atoms with Gasteiger partial charge >= 0.3 is 0 Å². The van der Waals surface area contributed by atoms with Gasteiger partial charge in [0.05, 0.1) is 12.2 Å². The molecule has 29 heavy (non-hydrogen) atoms. The van der Waals surface area contributed by atoms with E-state index < -0.39 is 0 Å². The molecule has 5 aliphatic rings. The summed E-state index contributed by atoms with van der Waals surface area (Å²) >= 11 is 0. The zero-order valence-corrected chi connectivity index (χ0v) is 18.8. The molecular weight excluding hydrogens is 358 g/mol. The zero-order valence-electron chi connectivity index (χ0n) is 18.8. The number of hydrogen-bond acceptors (Lipinski definition) is 3. The molecule has 1 saturated heterocycles. The topological polar surface area (TPSA) is 52.5 Å². The Kier molecular flexibility index (Phi) is 5.20. The molecule has 0 spiro atoms. The second-order valence-corrected chi connectivity index (χ2v) is 12.0. The molecule has 7 unspecified atom stereocenters. The molecular formula is C26H43NO2. The number of allylic oxidation sites excluding steroid dienone is 2. The van der Waals surface area contributed by atoms with Crippen LogP contribution < -0.4 is 5.32 Å². The summed E-state index contributed by atoms with van der Waals surface area (Å²) in [6, 6.07) is 0.584. The summed E-state index contributed by atoms with van der Waals surface area (Å²) in [6.45, 7) is 8.62. The smallest absolute Gasteiger partial charge is 0.0579 e. The third-order valence-corrected chi connectivity index (χ3v) is 10.8. The molecule has 3 saturated carbocycles. The molecule has 3 heteroatoms. The van der Waals surface area contributed by atoms with Gasteiger partial charge in [-0.15, -0.1) is 0 Å². The van der Waals surface area contributed by atoms with Crippen molar-refractivity contribution in [2.45, 2.75) is 96.8 Å². The van der Waals surface area contributed by atoms with Gasteiger partial charge in [0, 0.05) is 6.04 Å². The number of nitrogens with one attached hydrogen (secondary N) is 1. The van der Waals surface area contributed by atoms with Crippen LogP contribution in [0, 0.1) is 46.3 Å². The SMILES string of the molecule is C[C@H](C1CCCCN1)C1C(O)CC2C3C=CC4C[C@H](O)CC[C@]4(C)C3CC[C@@]21C. The largest absolute Gasteiger partial charge is 0.393 e. The lowest BCUT2D eigenvalue weighted by Crippen LogP contribution is -2.53. The number of rotatable bonds is 2. The summed E-state index contributed by atoms with van der Waals surface area (Å²) in [5, 5.41) is 25.3. The molecule has 0 radical (unpaired) electrons. The fourth-order valence-electron chi connectivity index (χ4n) is 9.18. The first-order chi connectivity index (χ1) is 13.8. The van der Waals surface area contributed by atoms with Gasteiger partial charge in [-0.1, -0.05) is 39.3 Å². The zero-order chi connectivity index (χ0) is 20.4. The van der Waals surface area contributed by atoms with Crippen LogP contribution in [-0.4, -0.2) is 35.0 Å². The van der Waals surface area contributed by atoms with Crippen LogP contribution in [0.4, 0.5) is 0 Å². The van der Waals surface area contributed by atoms with Gasteiger partial charge in [0.1, 0.15) is 0 Å². The average molecular weight is 402 g/mol. The average Bonchev–Trinajstić information content (AvgIpc) is 2.99. The second-order valence-electron chi connectivity index (χ2n) is 12.0. The first-order valence-electron chi connectivity index (χ1n) is 12.6. The van der Waals surface area contributed by atoms with E-state index in [0.29, 0.717) is 41.0 Å². The molecule has 3 nitrogen and oxygen atoms in total. The van der Waals surface area contributed by atoms with E-state index in [1.165, 1.54) is 38.5 Å². The van der Waals surface area contributed by atoms with Crippen LogP contribution in [0.3, 0.4) is 0 Å². The van der Waals surface area contributed by atoms with Crippen molar-refractivity contribution in [1.29, 1.82) is 0 Å². The molecule has 0 aromatic carbocycles. The first-order valence-corrected chi connectivity index (χ1v) is 12.6. The van der Waals surface area contributed by atoms with Crippen molar-refractivity contribution in [2.24, 2.45) is 46.3 Å². The fourth-order valence-corrected chi connectivity index (χ4v) is 9.18. The standard InChI is InChI=1S/C26H43NO2/c1-16(22-6-4-5-13-27-22)24-23(29)15-21-19-8-7-17-14-18(28)9-11-25(17,2)20(19)10-12-26(21,24)3/h7-8,16-24,27-29H,4-6,9-15H2,1-3H3/t16-,17?,18-,19?,20?,21?,22?,23?,24?,25+,26+/m1/s1. The molecule has 0 aromatic rings. The monoisotopic (exact) mass is 401 g/mol. The van der Waals surface area contributed by atoms with Crippen LogP contribution in [0.1, 0.15) is 78.6 Å². The van der Waals surface area contributed by atoms with Crippen LogP contribution in [0.5, 0.6) is 0 Å². The highest BCUT2D eigenvalue weighted by molar-refractivity contribution is 5.19. The van der Waals surface area contributed by atoms with Crippen molar-refractivity contribution in [3.05, 3.63) is 12.2 Å². The molecule has 0 amide bonds. The van der Waals surface area contributed by atoms with E-state index in [9.17, 15) is 10.2 Å². The summed E-state index contributed by atoms with van der Waals surface area (Å²) in [6.07, 6.45) is 15.3. The Morgan fingerprint density at radius 2 is 1.72 bits per heavy atom. The van der Waals surface area contributed by atoms with Crippen LogP contribution in [0.2, 0.25) is 0 Å². The van der Waals surface area contributed by atoms with Crippen LogP contribution in [-0.2, 0) is 0 Å². The van der Waals surface area contributed by atoms with Gasteiger partial charge in [0.15, 0.2) is 0 Å². The number of hydrogen-bond donors (Lipinski definition) is 3. The van der Waals surface area contributed by atoms with Crippen LogP contribution in [0.25, 0.3) is 0 Å². The molecule has 164 valence electrons. The number of piperidine rings is 1. The summed E-state index contributed by atoms with van der Waals surface area (Å²) in [5.41, 5.74) is 0.612. The molecule has 1 heterocycles. The minimum absolute atomic E-state index is 0.107. The van der Waals surface area contributed by atoms with E-state index >= 15 is 0 Å². The molecule has 1 aliphatic heterocycles. The minimum Gasteiger partial charge on any atom is -0.393 e. The lowest BCUT2D eigenvalue weighted by molar-refractivity contribution is -0.0853. The maximum atomic E-state index is 11.3. The number of aliphatic hydroxyl groups is 2. The highest BCUT2D eigenvalue weighted by Crippen LogP contribution is 2.67. The van der Waals surface area contributed by atoms with E-state index in [1.54, 1.807) is 0 Å². The van der Waals surface area contributed by atoms with Gasteiger partial charge in [-0.3, -0.25) is 0 Å². The van der Waals surface area contributed by atoms with Gasteiger partial charge in [-0.05, 0) is 104 Å². The lowest BCUT2D eigenvalue weighted by atomic mass is 9.46. The Labute approximate surface area is 177 Å². The molecule has 0 aromatic heterocycles. The normalized spacial score (nSPS) is 55.6. The molecule has 5 rings (SSSR count). The maximum absolute atomic E-state index is 11.3. The van der Waals surface area contributed by atoms with E-state index in [1.807, 2.05) is 0 Å². The molecule has 11 atom stereocenters. The molecule has 4 aliphatic carbocycles. The summed E-state index contributed by atoms with van der Waals surface area (Å²) in [4.78, 5) is 0. The van der Waals surface area contributed by atoms with Gasteiger partial charge in [0.2, 0.25) is 0 Å². The van der Waals surface area contributed by atoms with E-state index in [-0.39, 0.29) is 17.6 Å². The van der Waals surface area contributed by atoms with Gasteiger partial charge in [0.25, 0.3) is 0 Å². The highest BCUT2D eigenvalue weighted by Gasteiger charge is 2.62. The maximum Gasteiger partial charge on any atom is 0.0579 e. The summed E-state index contributed by atoms with van der Waals surface area (Å²) in [7, 11) is 0. The van der Waals surface area contributed by atoms with Gasteiger partial charge in [-0.2, -0.15) is 0 Å². The first kappa shape index (κ1) is 20.5. The highest BCUT2D eigenvalue weighted by atomic mass is 16.3. The Hall–Kier alpha value is -0.380. The lowest BCUT2D eigenvalue weighted by Gasteiger charge is -2.59. The number of aliphatic hydroxyl groups excluding tert-OH is 2. The summed E-state index contributed by atoms with van der Waals surface area (Å²) in [5.74, 6) is 3.50. The molecule has 0 bridgehead atoms. The van der Waals surface area contributed by atoms with Crippen molar-refractivity contribution >= 4 is 0 Å². The Morgan fingerprint density at radius 3 is 2.48 bits per heavy atom. The van der Waals surface area contributed by atoms with Crippen molar-refractivity contribution < 1.29 is 10.2 Å². The third-order valence-electron chi connectivity index (χ3n) is 10.8. The van der Waals surface area contributed by atoms with Gasteiger partial charge in [-0.25, -0.2) is 0 Å². The van der Waals surface area contributed by atoms with Crippen molar-refractivity contribution in [1.82, 2.24) is 5.32 Å². The summed E-state index contributed by atoms with van der Waals surface area (Å²) < 4.78 is 0. The van der Waals surface area contributed by atoms with E-state index in [4.69, 9.17) is 0 Å². The van der Waals surface area contributed by atoms with E-state index in [0.717, 1.165) is 31.7 Å². The fraction of sp³-hybridized carbons (Fsp3) is 0.923. The van der Waals surface area contributed by atoms with Crippen molar-refractivity contribution in [3.63, 3.8) is 0 Å². The third kappa shape index (κ3) is 3.09. The van der Waals surface area contributed by atoms with Gasteiger partial charge < -0.3 is 15.5 Å². The molecule has 3 N–H and O–H groups in total. The quantitative estimate of drug-likeness (QED) is 0.596. The Morgan fingerprint density at radius 1 is 0.931 bits per heavy atom. The predicted octanol–water partition coefficient (Wildman–Crippen LogP) is 4.53. The van der Waals surface area contributed by atoms with Crippen LogP contribution >= 0.6 is 0 Å². The minimum atomic E-state index is -0.144. The Bertz CT molecular complexity index is 643. The number of fused-ring (bicyclic) bond motifs is 5. The van der Waals surface area contributed by atoms with Crippen molar-refractivity contribution in [2.75, 3.05) is 6.54 Å². The van der Waals surface area contributed by atoms with Crippen molar-refractivity contribution in [3.8, 4) is 0 Å².